The lowest BCUT2D eigenvalue weighted by Gasteiger charge is -2.11. The van der Waals surface area contributed by atoms with E-state index >= 15 is 0 Å². The van der Waals surface area contributed by atoms with Crippen LogP contribution in [0.2, 0.25) is 0 Å². The van der Waals surface area contributed by atoms with Gasteiger partial charge in [0.1, 0.15) is 10.6 Å². The third-order valence-electron chi connectivity index (χ3n) is 2.36. The number of halogens is 1. The van der Waals surface area contributed by atoms with Gasteiger partial charge in [0.2, 0.25) is 5.95 Å². The van der Waals surface area contributed by atoms with E-state index in [9.17, 15) is 8.42 Å². The maximum absolute atomic E-state index is 12.2. The van der Waals surface area contributed by atoms with E-state index in [2.05, 4.69) is 30.6 Å². The van der Waals surface area contributed by atoms with Crippen LogP contribution in [-0.2, 0) is 10.0 Å². The Bertz CT molecular complexity index is 719. The lowest BCUT2D eigenvalue weighted by atomic mass is 10.3. The van der Waals surface area contributed by atoms with Crippen LogP contribution in [0.15, 0.2) is 40.0 Å². The first-order chi connectivity index (χ1) is 9.42. The second-order valence-electron chi connectivity index (χ2n) is 3.73. The second kappa shape index (κ2) is 5.63. The normalized spacial score (nSPS) is 11.1. The lowest BCUT2D eigenvalue weighted by molar-refractivity contribution is 0.417. The molecule has 1 aromatic heterocycles. The third kappa shape index (κ3) is 3.17. The molecule has 0 saturated carbocycles. The highest BCUT2D eigenvalue weighted by Gasteiger charge is 2.17. The van der Waals surface area contributed by atoms with Crippen molar-refractivity contribution >= 4 is 37.6 Å². The summed E-state index contributed by atoms with van der Waals surface area (Å²) in [6.45, 7) is 0. The number of hydrogen-bond donors (Lipinski definition) is 2. The Morgan fingerprint density at radius 2 is 1.95 bits per heavy atom. The van der Waals surface area contributed by atoms with Gasteiger partial charge in [-0.25, -0.2) is 18.4 Å². The molecule has 0 radical (unpaired) electrons. The van der Waals surface area contributed by atoms with Gasteiger partial charge in [-0.15, -0.1) is 0 Å². The lowest BCUT2D eigenvalue weighted by Crippen LogP contribution is -2.14. The minimum absolute atomic E-state index is 0.00369. The number of nitrogens with one attached hydrogen (secondary N) is 1. The van der Waals surface area contributed by atoms with Crippen molar-refractivity contribution in [2.24, 2.45) is 0 Å². The second-order valence-corrected chi connectivity index (χ2v) is 6.33. The zero-order valence-corrected chi connectivity index (χ0v) is 12.8. The summed E-state index contributed by atoms with van der Waals surface area (Å²) in [5.41, 5.74) is 5.63. The molecule has 0 aliphatic rings. The van der Waals surface area contributed by atoms with Crippen LogP contribution < -0.4 is 15.2 Å². The van der Waals surface area contributed by atoms with E-state index in [0.29, 0.717) is 15.9 Å². The number of aromatic nitrogens is 2. The minimum atomic E-state index is -3.81. The van der Waals surface area contributed by atoms with Gasteiger partial charge in [-0.05, 0) is 18.2 Å². The smallest absolute Gasteiger partial charge is 0.265 e. The molecule has 0 fully saturated rings. The van der Waals surface area contributed by atoms with E-state index in [4.69, 9.17) is 10.5 Å². The predicted octanol–water partition coefficient (Wildman–Crippen LogP) is 1.63. The zero-order valence-electron chi connectivity index (χ0n) is 10.4. The van der Waals surface area contributed by atoms with E-state index in [1.54, 1.807) is 18.2 Å². The van der Waals surface area contributed by atoms with Crippen LogP contribution in [0.5, 0.6) is 5.75 Å². The van der Waals surface area contributed by atoms with Gasteiger partial charge in [0, 0.05) is 4.47 Å². The number of nitrogens with two attached hydrogens (primary N) is 1. The fourth-order valence-corrected chi connectivity index (χ4v) is 2.74. The van der Waals surface area contributed by atoms with Gasteiger partial charge in [0.25, 0.3) is 10.0 Å². The van der Waals surface area contributed by atoms with Crippen molar-refractivity contribution in [3.8, 4) is 5.75 Å². The number of sulfonamides is 1. The van der Waals surface area contributed by atoms with E-state index < -0.39 is 10.0 Å². The Morgan fingerprint density at radius 3 is 2.55 bits per heavy atom. The van der Waals surface area contributed by atoms with Crippen molar-refractivity contribution in [1.82, 2.24) is 9.97 Å². The van der Waals surface area contributed by atoms with E-state index in [-0.39, 0.29) is 10.8 Å². The van der Waals surface area contributed by atoms with Gasteiger partial charge in [-0.1, -0.05) is 15.9 Å². The molecule has 0 spiro atoms. The zero-order chi connectivity index (χ0) is 14.8. The number of nitrogen functional groups attached to an aromatic ring is 1. The molecular weight excluding hydrogens is 348 g/mol. The van der Waals surface area contributed by atoms with Crippen LogP contribution in [0.25, 0.3) is 0 Å². The van der Waals surface area contributed by atoms with Crippen molar-refractivity contribution in [1.29, 1.82) is 0 Å². The van der Waals surface area contributed by atoms with Crippen molar-refractivity contribution in [2.45, 2.75) is 4.90 Å². The van der Waals surface area contributed by atoms with Gasteiger partial charge >= 0.3 is 0 Å². The van der Waals surface area contributed by atoms with Gasteiger partial charge < -0.3 is 10.5 Å². The van der Waals surface area contributed by atoms with Crippen LogP contribution in [0, 0.1) is 0 Å². The Kier molecular flexibility index (Phi) is 4.09. The van der Waals surface area contributed by atoms with Gasteiger partial charge in [-0.2, -0.15) is 0 Å². The van der Waals surface area contributed by atoms with Crippen molar-refractivity contribution < 1.29 is 13.2 Å². The highest BCUT2D eigenvalue weighted by molar-refractivity contribution is 9.10. The maximum Gasteiger partial charge on any atom is 0.265 e. The van der Waals surface area contributed by atoms with Crippen LogP contribution in [0.1, 0.15) is 0 Å². The molecule has 9 heteroatoms. The number of hydrogen-bond acceptors (Lipinski definition) is 6. The Balaban J connectivity index is 2.37. The molecule has 0 unspecified atom stereocenters. The molecule has 2 rings (SSSR count). The maximum atomic E-state index is 12.2. The van der Waals surface area contributed by atoms with E-state index in [1.807, 2.05) is 0 Å². The molecule has 7 nitrogen and oxygen atoms in total. The van der Waals surface area contributed by atoms with Crippen molar-refractivity contribution in [3.63, 3.8) is 0 Å². The average molecular weight is 359 g/mol. The molecule has 1 aromatic carbocycles. The van der Waals surface area contributed by atoms with Crippen molar-refractivity contribution in [2.75, 3.05) is 17.6 Å². The average Bonchev–Trinajstić information content (AvgIpc) is 2.39. The standard InChI is InChI=1S/C11H11BrN4O3S/c1-19-10-3-2-7(12)4-9(10)16-20(17,18)8-5-14-11(13)15-6-8/h2-6,16H,1H3,(H2,13,14,15). The molecule has 0 saturated heterocycles. The first kappa shape index (κ1) is 14.5. The summed E-state index contributed by atoms with van der Waals surface area (Å²) in [4.78, 5) is 7.22. The molecule has 106 valence electrons. The fraction of sp³-hybridized carbons (Fsp3) is 0.0909. The molecule has 0 aliphatic heterocycles. The third-order valence-corrected chi connectivity index (χ3v) is 4.18. The number of nitrogens with zero attached hydrogens (tertiary/aromatic N) is 2. The number of benzene rings is 1. The van der Waals surface area contributed by atoms with Crippen LogP contribution in [-0.4, -0.2) is 25.5 Å². The largest absolute Gasteiger partial charge is 0.495 e. The van der Waals surface area contributed by atoms with Gasteiger partial charge in [0.05, 0.1) is 25.2 Å². The molecule has 3 N–H and O–H groups in total. The Labute approximate surface area is 124 Å². The van der Waals surface area contributed by atoms with Gasteiger partial charge in [-0.3, -0.25) is 4.72 Å². The minimum Gasteiger partial charge on any atom is -0.495 e. The highest BCUT2D eigenvalue weighted by Crippen LogP contribution is 2.29. The van der Waals surface area contributed by atoms with E-state index in [1.165, 1.54) is 7.11 Å². The monoisotopic (exact) mass is 358 g/mol. The summed E-state index contributed by atoms with van der Waals surface area (Å²) in [7, 11) is -2.36. The Hall–Kier alpha value is -1.87. The first-order valence-corrected chi connectivity index (χ1v) is 7.64. The number of ether oxygens (including phenoxy) is 1. The molecule has 0 amide bonds. The molecule has 0 bridgehead atoms. The Morgan fingerprint density at radius 1 is 1.30 bits per heavy atom. The molecular formula is C11H11BrN4O3S. The summed E-state index contributed by atoms with van der Waals surface area (Å²) in [5, 5.41) is 0. The summed E-state index contributed by atoms with van der Waals surface area (Å²) in [6, 6.07) is 4.97. The molecule has 2 aromatic rings. The van der Waals surface area contributed by atoms with Gasteiger partial charge in [0.15, 0.2) is 0 Å². The number of methoxy groups -OCH3 is 1. The van der Waals surface area contributed by atoms with E-state index in [0.717, 1.165) is 12.4 Å². The molecule has 20 heavy (non-hydrogen) atoms. The molecule has 0 aliphatic carbocycles. The highest BCUT2D eigenvalue weighted by atomic mass is 79.9. The number of anilines is 2. The number of rotatable bonds is 4. The van der Waals surface area contributed by atoms with Crippen LogP contribution in [0.4, 0.5) is 11.6 Å². The molecule has 0 atom stereocenters. The van der Waals surface area contributed by atoms with Crippen LogP contribution in [0.3, 0.4) is 0 Å². The fourth-order valence-electron chi connectivity index (χ4n) is 1.43. The first-order valence-electron chi connectivity index (χ1n) is 5.36. The van der Waals surface area contributed by atoms with Crippen molar-refractivity contribution in [3.05, 3.63) is 35.1 Å². The quantitative estimate of drug-likeness (QED) is 0.859. The molecule has 1 heterocycles. The summed E-state index contributed by atoms with van der Waals surface area (Å²) in [5.74, 6) is 0.400. The topological polar surface area (TPSA) is 107 Å². The predicted molar refractivity (Wildman–Crippen MR) is 77.9 cm³/mol. The SMILES string of the molecule is COc1ccc(Br)cc1NS(=O)(=O)c1cnc(N)nc1. The van der Waals surface area contributed by atoms with Crippen LogP contribution >= 0.6 is 15.9 Å². The summed E-state index contributed by atoms with van der Waals surface area (Å²) in [6.07, 6.45) is 2.27. The summed E-state index contributed by atoms with van der Waals surface area (Å²) < 4.78 is 32.6. The summed E-state index contributed by atoms with van der Waals surface area (Å²) >= 11 is 3.27.